The summed E-state index contributed by atoms with van der Waals surface area (Å²) in [7, 11) is 3.42. The molecule has 0 atom stereocenters. The maximum atomic E-state index is 13.3. The fraction of sp³-hybridized carbons (Fsp3) is 0.281. The van der Waals surface area contributed by atoms with E-state index in [0.29, 0.717) is 34.6 Å². The van der Waals surface area contributed by atoms with Crippen LogP contribution in [-0.2, 0) is 14.3 Å². The van der Waals surface area contributed by atoms with Crippen molar-refractivity contribution >= 4 is 46.1 Å². The van der Waals surface area contributed by atoms with Crippen molar-refractivity contribution in [3.8, 4) is 0 Å². The Balaban J connectivity index is 1.45. The van der Waals surface area contributed by atoms with Gasteiger partial charge in [0.25, 0.3) is 5.91 Å². The molecule has 212 valence electrons. The molecule has 0 bridgehead atoms. The highest BCUT2D eigenvalue weighted by Crippen LogP contribution is 2.39. The number of hydrogen-bond donors (Lipinski definition) is 3. The maximum absolute atomic E-state index is 13.3. The average molecular weight is 554 g/mol. The lowest BCUT2D eigenvalue weighted by atomic mass is 9.98. The molecule has 3 N–H and O–H groups in total. The highest BCUT2D eigenvalue weighted by Gasteiger charge is 2.29. The van der Waals surface area contributed by atoms with E-state index in [-0.39, 0.29) is 11.8 Å². The number of esters is 1. The summed E-state index contributed by atoms with van der Waals surface area (Å²) >= 11 is 0. The van der Waals surface area contributed by atoms with E-state index in [1.165, 1.54) is 7.11 Å². The van der Waals surface area contributed by atoms with Gasteiger partial charge in [-0.3, -0.25) is 14.5 Å². The smallest absolute Gasteiger partial charge is 0.337 e. The predicted octanol–water partition coefficient (Wildman–Crippen LogP) is 4.21. The molecule has 2 aliphatic heterocycles. The molecule has 0 unspecified atom stereocenters. The van der Waals surface area contributed by atoms with E-state index >= 15 is 0 Å². The second-order valence-electron chi connectivity index (χ2n) is 10.5. The SMILES string of the molecule is COC(=O)c1ccc2c(c1)NC(=O)C2=C(Nc1ccc(NC(=O)CN2CCN(C)CC2)c(C)c1C)c1ccccc1. The van der Waals surface area contributed by atoms with Crippen molar-refractivity contribution in [2.24, 2.45) is 0 Å². The van der Waals surface area contributed by atoms with Crippen molar-refractivity contribution in [1.29, 1.82) is 0 Å². The zero-order valence-electron chi connectivity index (χ0n) is 23.8. The minimum atomic E-state index is -0.470. The largest absolute Gasteiger partial charge is 0.465 e. The lowest BCUT2D eigenvalue weighted by Crippen LogP contribution is -2.47. The number of carbonyl (C=O) groups excluding carboxylic acids is 3. The second kappa shape index (κ2) is 12.0. The van der Waals surface area contributed by atoms with Crippen LogP contribution in [0, 0.1) is 13.8 Å². The highest BCUT2D eigenvalue weighted by atomic mass is 16.5. The van der Waals surface area contributed by atoms with Crippen molar-refractivity contribution in [3.63, 3.8) is 0 Å². The van der Waals surface area contributed by atoms with Crippen LogP contribution in [0.15, 0.2) is 60.7 Å². The van der Waals surface area contributed by atoms with Gasteiger partial charge in [0, 0.05) is 43.1 Å². The van der Waals surface area contributed by atoms with Gasteiger partial charge in [0.15, 0.2) is 0 Å². The van der Waals surface area contributed by atoms with Crippen LogP contribution in [0.3, 0.4) is 0 Å². The molecular formula is C32H35N5O4. The number of fused-ring (bicyclic) bond motifs is 1. The Morgan fingerprint density at radius 1 is 0.878 bits per heavy atom. The zero-order chi connectivity index (χ0) is 29.1. The Bertz CT molecular complexity index is 1520. The van der Waals surface area contributed by atoms with Crippen LogP contribution in [0.25, 0.3) is 11.3 Å². The monoisotopic (exact) mass is 553 g/mol. The van der Waals surface area contributed by atoms with E-state index in [4.69, 9.17) is 4.74 Å². The van der Waals surface area contributed by atoms with Crippen molar-refractivity contribution in [2.45, 2.75) is 13.8 Å². The van der Waals surface area contributed by atoms with Gasteiger partial charge in [-0.05, 0) is 61.9 Å². The highest BCUT2D eigenvalue weighted by molar-refractivity contribution is 6.37. The maximum Gasteiger partial charge on any atom is 0.337 e. The molecule has 3 aromatic carbocycles. The van der Waals surface area contributed by atoms with Crippen LogP contribution < -0.4 is 16.0 Å². The number of benzene rings is 3. The van der Waals surface area contributed by atoms with E-state index < -0.39 is 5.97 Å². The topological polar surface area (TPSA) is 103 Å². The fourth-order valence-electron chi connectivity index (χ4n) is 5.17. The number of rotatable bonds is 7. The van der Waals surface area contributed by atoms with E-state index in [9.17, 15) is 14.4 Å². The molecule has 2 amide bonds. The second-order valence-corrected chi connectivity index (χ2v) is 10.5. The molecule has 2 aliphatic rings. The Kier molecular flexibility index (Phi) is 8.19. The van der Waals surface area contributed by atoms with E-state index in [2.05, 4.69) is 32.8 Å². The molecule has 2 heterocycles. The average Bonchev–Trinajstić information content (AvgIpc) is 3.31. The van der Waals surface area contributed by atoms with Gasteiger partial charge in [-0.2, -0.15) is 0 Å². The summed E-state index contributed by atoms with van der Waals surface area (Å²) in [6.45, 7) is 8.01. The molecule has 1 fully saturated rings. The summed E-state index contributed by atoms with van der Waals surface area (Å²) < 4.78 is 4.84. The summed E-state index contributed by atoms with van der Waals surface area (Å²) in [4.78, 5) is 42.6. The first-order chi connectivity index (χ1) is 19.7. The van der Waals surface area contributed by atoms with Crippen molar-refractivity contribution < 1.29 is 19.1 Å². The van der Waals surface area contributed by atoms with Gasteiger partial charge in [-0.1, -0.05) is 36.4 Å². The van der Waals surface area contributed by atoms with Crippen LogP contribution >= 0.6 is 0 Å². The van der Waals surface area contributed by atoms with Gasteiger partial charge < -0.3 is 25.6 Å². The van der Waals surface area contributed by atoms with E-state index in [1.807, 2.05) is 56.3 Å². The van der Waals surface area contributed by atoms with Crippen LogP contribution in [-0.4, -0.2) is 74.5 Å². The molecule has 5 rings (SSSR count). The van der Waals surface area contributed by atoms with Gasteiger partial charge in [0.2, 0.25) is 5.91 Å². The standard InChI is InChI=1S/C32H35N5O4/c1-20-21(2)26(13-12-25(20)33-28(38)19-37-16-14-36(3)15-17-37)34-30(22-8-6-5-7-9-22)29-24-11-10-23(32(40)41-4)18-27(24)35-31(29)39/h5-13,18,34H,14-17,19H2,1-4H3,(H,33,38)(H,35,39). The molecule has 9 nitrogen and oxygen atoms in total. The molecule has 0 aromatic heterocycles. The van der Waals surface area contributed by atoms with Gasteiger partial charge >= 0.3 is 5.97 Å². The lowest BCUT2D eigenvalue weighted by molar-refractivity contribution is -0.117. The number of carbonyl (C=O) groups is 3. The number of likely N-dealkylation sites (N-methyl/N-ethyl adjacent to an activating group) is 1. The Morgan fingerprint density at radius 3 is 2.20 bits per heavy atom. The van der Waals surface area contributed by atoms with Crippen molar-refractivity contribution in [2.75, 3.05) is 62.8 Å². The fourth-order valence-corrected chi connectivity index (χ4v) is 5.17. The lowest BCUT2D eigenvalue weighted by Gasteiger charge is -2.31. The Labute approximate surface area is 240 Å². The molecule has 0 radical (unpaired) electrons. The third-order valence-electron chi connectivity index (χ3n) is 7.78. The van der Waals surface area contributed by atoms with Gasteiger partial charge in [0.05, 0.1) is 36.2 Å². The number of hydrogen-bond acceptors (Lipinski definition) is 7. The number of nitrogens with one attached hydrogen (secondary N) is 3. The molecule has 41 heavy (non-hydrogen) atoms. The number of ether oxygens (including phenoxy) is 1. The van der Waals surface area contributed by atoms with E-state index in [1.54, 1.807) is 18.2 Å². The first kappa shape index (κ1) is 28.1. The number of methoxy groups -OCH3 is 1. The van der Waals surface area contributed by atoms with Gasteiger partial charge in [-0.25, -0.2) is 4.79 Å². The van der Waals surface area contributed by atoms with Crippen LogP contribution in [0.1, 0.15) is 32.6 Å². The zero-order valence-corrected chi connectivity index (χ0v) is 23.8. The molecule has 9 heteroatoms. The summed E-state index contributed by atoms with van der Waals surface area (Å²) in [5, 5.41) is 9.50. The van der Waals surface area contributed by atoms with Crippen LogP contribution in [0.5, 0.6) is 0 Å². The molecule has 0 saturated carbocycles. The number of amides is 2. The minimum absolute atomic E-state index is 0.0320. The minimum Gasteiger partial charge on any atom is -0.465 e. The normalized spacial score (nSPS) is 16.5. The molecular weight excluding hydrogens is 518 g/mol. The molecule has 0 spiro atoms. The predicted molar refractivity (Wildman–Crippen MR) is 162 cm³/mol. The Hall–Kier alpha value is -4.47. The third kappa shape index (κ3) is 6.01. The van der Waals surface area contributed by atoms with Crippen molar-refractivity contribution in [1.82, 2.24) is 9.80 Å². The number of piperazine rings is 1. The van der Waals surface area contributed by atoms with E-state index in [0.717, 1.165) is 54.2 Å². The first-order valence-electron chi connectivity index (χ1n) is 13.7. The van der Waals surface area contributed by atoms with Gasteiger partial charge in [0.1, 0.15) is 0 Å². The quantitative estimate of drug-likeness (QED) is 0.298. The molecule has 1 saturated heterocycles. The summed E-state index contributed by atoms with van der Waals surface area (Å²) in [5.41, 5.74) is 7.03. The number of anilines is 3. The summed E-state index contributed by atoms with van der Waals surface area (Å²) in [5.74, 6) is -0.770. The summed E-state index contributed by atoms with van der Waals surface area (Å²) in [6.07, 6.45) is 0. The summed E-state index contributed by atoms with van der Waals surface area (Å²) in [6, 6.07) is 18.5. The van der Waals surface area contributed by atoms with Crippen molar-refractivity contribution in [3.05, 3.63) is 88.5 Å². The number of nitrogens with zero attached hydrogens (tertiary/aromatic N) is 2. The van der Waals surface area contributed by atoms with Crippen LogP contribution in [0.2, 0.25) is 0 Å². The van der Waals surface area contributed by atoms with Crippen LogP contribution in [0.4, 0.5) is 17.1 Å². The Morgan fingerprint density at radius 2 is 1.54 bits per heavy atom. The van der Waals surface area contributed by atoms with Gasteiger partial charge in [-0.15, -0.1) is 0 Å². The third-order valence-corrected chi connectivity index (χ3v) is 7.78. The molecule has 3 aromatic rings. The first-order valence-corrected chi connectivity index (χ1v) is 13.7. The molecule has 0 aliphatic carbocycles.